The lowest BCUT2D eigenvalue weighted by molar-refractivity contribution is 0.00651. The van der Waals surface area contributed by atoms with Gasteiger partial charge in [0.1, 0.15) is 18.4 Å². The van der Waals surface area contributed by atoms with E-state index in [4.69, 9.17) is 9.47 Å². The van der Waals surface area contributed by atoms with Gasteiger partial charge in [-0.15, -0.1) is 0 Å². The molecule has 192 valence electrons. The summed E-state index contributed by atoms with van der Waals surface area (Å²) in [4.78, 5) is 28.8. The number of methoxy groups -OCH3 is 1. The third kappa shape index (κ3) is 4.12. The minimum Gasteiger partial charge on any atom is -0.495 e. The van der Waals surface area contributed by atoms with Crippen LogP contribution in [0.15, 0.2) is 66.7 Å². The molecule has 2 heterocycles. The molecule has 1 amide bonds. The van der Waals surface area contributed by atoms with Gasteiger partial charge < -0.3 is 14.4 Å². The number of nitriles is 1. The number of piperidine rings is 2. The van der Waals surface area contributed by atoms with Gasteiger partial charge in [0.05, 0.1) is 12.7 Å². The summed E-state index contributed by atoms with van der Waals surface area (Å²) >= 11 is 0. The summed E-state index contributed by atoms with van der Waals surface area (Å²) in [7, 11) is 1.51. The number of rotatable bonds is 5. The van der Waals surface area contributed by atoms with E-state index in [1.807, 2.05) is 29.2 Å². The number of carbonyl (C=O) groups is 2. The van der Waals surface area contributed by atoms with Crippen LogP contribution in [0.25, 0.3) is 11.1 Å². The van der Waals surface area contributed by atoms with Gasteiger partial charge >= 0.3 is 6.09 Å². The molecule has 2 unspecified atom stereocenters. The van der Waals surface area contributed by atoms with Gasteiger partial charge in [-0.2, -0.15) is 5.26 Å². The number of hydrogen-bond acceptors (Lipinski definition) is 5. The smallest absolute Gasteiger partial charge is 0.410 e. The highest BCUT2D eigenvalue weighted by Crippen LogP contribution is 2.45. The first kappa shape index (κ1) is 24.2. The maximum atomic E-state index is 13.5. The Morgan fingerprint density at radius 3 is 2.18 bits per heavy atom. The highest BCUT2D eigenvalue weighted by Gasteiger charge is 2.44. The second kappa shape index (κ2) is 9.98. The molecule has 2 aliphatic heterocycles. The van der Waals surface area contributed by atoms with Crippen LogP contribution in [0.3, 0.4) is 0 Å². The fourth-order valence-corrected chi connectivity index (χ4v) is 6.75. The molecule has 0 aromatic heterocycles. The van der Waals surface area contributed by atoms with Crippen molar-refractivity contribution >= 4 is 11.9 Å². The van der Waals surface area contributed by atoms with Gasteiger partial charge in [-0.1, -0.05) is 48.5 Å². The Labute approximate surface area is 222 Å². The summed E-state index contributed by atoms with van der Waals surface area (Å²) in [6.45, 7) is 0.300. The molecular weight excluding hydrogens is 476 g/mol. The molecule has 3 aromatic carbocycles. The summed E-state index contributed by atoms with van der Waals surface area (Å²) < 4.78 is 11.2. The Morgan fingerprint density at radius 2 is 1.58 bits per heavy atom. The van der Waals surface area contributed by atoms with Crippen molar-refractivity contribution in [1.82, 2.24) is 4.90 Å². The van der Waals surface area contributed by atoms with E-state index in [0.717, 1.165) is 19.3 Å². The molecule has 2 bridgehead atoms. The van der Waals surface area contributed by atoms with E-state index in [0.29, 0.717) is 36.3 Å². The summed E-state index contributed by atoms with van der Waals surface area (Å²) in [6.07, 6.45) is 3.75. The molecule has 0 radical (unpaired) electrons. The van der Waals surface area contributed by atoms with Crippen LogP contribution >= 0.6 is 0 Å². The fourth-order valence-electron chi connectivity index (χ4n) is 6.75. The van der Waals surface area contributed by atoms with Crippen molar-refractivity contribution in [1.29, 1.82) is 5.26 Å². The van der Waals surface area contributed by atoms with E-state index in [-0.39, 0.29) is 35.8 Å². The maximum absolute atomic E-state index is 13.5. The number of carbonyl (C=O) groups excluding carboxylic acids is 2. The van der Waals surface area contributed by atoms with Gasteiger partial charge in [0.15, 0.2) is 5.78 Å². The molecule has 2 atom stereocenters. The highest BCUT2D eigenvalue weighted by molar-refractivity contribution is 5.98. The van der Waals surface area contributed by atoms with Crippen molar-refractivity contribution in [2.24, 2.45) is 5.92 Å². The summed E-state index contributed by atoms with van der Waals surface area (Å²) in [5.41, 5.74) is 5.69. The van der Waals surface area contributed by atoms with Gasteiger partial charge in [-0.25, -0.2) is 4.79 Å². The predicted octanol–water partition coefficient (Wildman–Crippen LogP) is 6.33. The van der Waals surface area contributed by atoms with Crippen LogP contribution in [0.5, 0.6) is 5.75 Å². The number of ether oxygens (including phenoxy) is 2. The third-order valence-corrected chi connectivity index (χ3v) is 8.50. The van der Waals surface area contributed by atoms with Crippen LogP contribution in [-0.2, 0) is 4.74 Å². The lowest BCUT2D eigenvalue weighted by Crippen LogP contribution is -2.55. The molecule has 0 saturated carbocycles. The van der Waals surface area contributed by atoms with Crippen LogP contribution in [0.1, 0.15) is 65.1 Å². The normalized spacial score (nSPS) is 21.7. The van der Waals surface area contributed by atoms with Crippen LogP contribution < -0.4 is 4.74 Å². The van der Waals surface area contributed by atoms with Crippen molar-refractivity contribution < 1.29 is 19.1 Å². The first-order valence-electron chi connectivity index (χ1n) is 13.3. The first-order chi connectivity index (χ1) is 18.6. The first-order valence-corrected chi connectivity index (χ1v) is 13.3. The van der Waals surface area contributed by atoms with E-state index in [1.54, 1.807) is 18.2 Å². The number of amides is 1. The van der Waals surface area contributed by atoms with E-state index in [1.165, 1.54) is 29.4 Å². The zero-order valence-corrected chi connectivity index (χ0v) is 21.4. The van der Waals surface area contributed by atoms with E-state index in [2.05, 4.69) is 30.3 Å². The lowest BCUT2D eigenvalue weighted by Gasteiger charge is -2.47. The van der Waals surface area contributed by atoms with Crippen molar-refractivity contribution in [3.8, 4) is 22.9 Å². The largest absolute Gasteiger partial charge is 0.495 e. The number of fused-ring (bicyclic) bond motifs is 5. The Kier molecular flexibility index (Phi) is 6.37. The van der Waals surface area contributed by atoms with Crippen LogP contribution in [0.2, 0.25) is 0 Å². The zero-order valence-electron chi connectivity index (χ0n) is 21.4. The molecule has 2 fully saturated rings. The summed E-state index contributed by atoms with van der Waals surface area (Å²) in [5, 5.41) is 9.43. The third-order valence-electron chi connectivity index (χ3n) is 8.50. The Morgan fingerprint density at radius 1 is 0.947 bits per heavy atom. The summed E-state index contributed by atoms with van der Waals surface area (Å²) in [6, 6.07) is 23.8. The monoisotopic (exact) mass is 506 g/mol. The average molecular weight is 507 g/mol. The van der Waals surface area contributed by atoms with E-state index >= 15 is 0 Å². The Balaban J connectivity index is 1.16. The standard InChI is InChI=1S/C32H30N2O4/c1-37-30-14-13-20(15-22(30)18-33)31(35)21-16-23-7-6-8-24(17-21)34(23)32(36)38-19-29-27-11-4-2-9-25(27)26-10-3-5-12-28(26)29/h2-5,9-15,21,23-24,29H,6-8,16-17,19H2,1H3. The molecule has 38 heavy (non-hydrogen) atoms. The molecule has 3 aromatic rings. The number of nitrogens with zero attached hydrogens (tertiary/aromatic N) is 2. The van der Waals surface area contributed by atoms with Gasteiger partial charge in [-0.3, -0.25) is 4.79 Å². The molecule has 3 aliphatic rings. The second-order valence-electron chi connectivity index (χ2n) is 10.5. The quantitative estimate of drug-likeness (QED) is 0.378. The minimum absolute atomic E-state index is 0.0132. The van der Waals surface area contributed by atoms with Gasteiger partial charge in [-0.05, 0) is 72.6 Å². The van der Waals surface area contributed by atoms with Crippen molar-refractivity contribution in [2.75, 3.05) is 13.7 Å². The van der Waals surface area contributed by atoms with E-state index < -0.39 is 0 Å². The number of ketones is 1. The molecule has 6 heteroatoms. The van der Waals surface area contributed by atoms with Gasteiger partial charge in [0.2, 0.25) is 0 Å². The number of Topliss-reactive ketones (excluding diaryl/α,β-unsaturated/α-hetero) is 1. The zero-order chi connectivity index (χ0) is 26.2. The van der Waals surface area contributed by atoms with Gasteiger partial charge in [0.25, 0.3) is 0 Å². The topological polar surface area (TPSA) is 79.6 Å². The average Bonchev–Trinajstić information content (AvgIpc) is 3.28. The predicted molar refractivity (Wildman–Crippen MR) is 143 cm³/mol. The SMILES string of the molecule is COc1ccc(C(=O)C2CC3CCCC(C2)N3C(=O)OCC2c3ccccc3-c3ccccc32)cc1C#N. The molecule has 2 saturated heterocycles. The molecule has 0 spiro atoms. The van der Waals surface area contributed by atoms with Gasteiger partial charge in [0, 0.05) is 29.5 Å². The highest BCUT2D eigenvalue weighted by atomic mass is 16.6. The Hall–Kier alpha value is -4.11. The van der Waals surface area contributed by atoms with Crippen molar-refractivity contribution in [3.05, 3.63) is 89.0 Å². The van der Waals surface area contributed by atoms with Crippen molar-refractivity contribution in [3.63, 3.8) is 0 Å². The molecular formula is C32H30N2O4. The fraction of sp³-hybridized carbons (Fsp3) is 0.344. The van der Waals surface area contributed by atoms with Crippen molar-refractivity contribution in [2.45, 2.75) is 50.1 Å². The molecule has 1 aliphatic carbocycles. The molecule has 6 rings (SSSR count). The molecule has 0 N–H and O–H groups in total. The number of hydrogen-bond donors (Lipinski definition) is 0. The van der Waals surface area contributed by atoms with Crippen LogP contribution in [0.4, 0.5) is 4.79 Å². The maximum Gasteiger partial charge on any atom is 0.410 e. The molecule has 6 nitrogen and oxygen atoms in total. The minimum atomic E-state index is -0.274. The summed E-state index contributed by atoms with van der Waals surface area (Å²) in [5.74, 6) is 0.344. The van der Waals surface area contributed by atoms with E-state index in [9.17, 15) is 14.9 Å². The van der Waals surface area contributed by atoms with Crippen LogP contribution in [-0.4, -0.2) is 42.6 Å². The second-order valence-corrected chi connectivity index (χ2v) is 10.5. The lowest BCUT2D eigenvalue weighted by atomic mass is 9.75. The van der Waals surface area contributed by atoms with Crippen LogP contribution in [0, 0.1) is 17.2 Å². The Bertz CT molecular complexity index is 1380. The number of benzene rings is 3.